The van der Waals surface area contributed by atoms with Gasteiger partial charge in [0, 0.05) is 78.4 Å². The van der Waals surface area contributed by atoms with E-state index in [1.807, 2.05) is 47.6 Å². The molecule has 9 nitrogen and oxygen atoms in total. The van der Waals surface area contributed by atoms with Gasteiger partial charge in [0.15, 0.2) is 5.78 Å². The van der Waals surface area contributed by atoms with Crippen LogP contribution in [0.15, 0.2) is 53.7 Å². The molecule has 3 aromatic rings. The predicted molar refractivity (Wildman–Crippen MR) is 156 cm³/mol. The maximum atomic E-state index is 14.0. The lowest BCUT2D eigenvalue weighted by Crippen LogP contribution is -2.54. The van der Waals surface area contributed by atoms with Crippen molar-refractivity contribution in [2.24, 2.45) is 5.92 Å². The van der Waals surface area contributed by atoms with E-state index >= 15 is 0 Å². The molecule has 5 rings (SSSR count). The molecule has 0 aliphatic carbocycles. The van der Waals surface area contributed by atoms with Crippen molar-refractivity contribution < 1.29 is 14.4 Å². The predicted octanol–water partition coefficient (Wildman–Crippen LogP) is 3.93. The zero-order valence-electron chi connectivity index (χ0n) is 22.6. The average molecular weight is 604 g/mol. The van der Waals surface area contributed by atoms with Gasteiger partial charge >= 0.3 is 0 Å². The topological polar surface area (TPSA) is 103 Å². The van der Waals surface area contributed by atoms with Crippen molar-refractivity contribution >= 4 is 50.2 Å². The fourth-order valence-electron chi connectivity index (χ4n) is 5.75. The number of pyridine rings is 1. The third kappa shape index (κ3) is 5.26. The molecule has 0 spiro atoms. The van der Waals surface area contributed by atoms with Crippen LogP contribution in [0.3, 0.4) is 0 Å². The number of aromatic nitrogens is 2. The van der Waals surface area contributed by atoms with E-state index in [0.717, 1.165) is 26.9 Å². The molecule has 2 aromatic heterocycles. The fraction of sp³-hybridized carbons (Fsp3) is 0.367. The molecule has 10 heteroatoms. The molecule has 4 heterocycles. The molecular weight excluding hydrogens is 572 g/mol. The van der Waals surface area contributed by atoms with Gasteiger partial charge in [-0.15, -0.1) is 0 Å². The Balaban J connectivity index is 1.34. The minimum Gasteiger partial charge on any atom is -0.353 e. The van der Waals surface area contributed by atoms with Gasteiger partial charge in [-0.3, -0.25) is 14.4 Å². The number of ketones is 1. The molecule has 0 bridgehead atoms. The van der Waals surface area contributed by atoms with Crippen molar-refractivity contribution in [3.63, 3.8) is 0 Å². The third-order valence-electron chi connectivity index (χ3n) is 7.88. The molecule has 2 amide bonds. The van der Waals surface area contributed by atoms with Crippen LogP contribution in [0.5, 0.6) is 0 Å². The van der Waals surface area contributed by atoms with Gasteiger partial charge in [0.2, 0.25) is 5.91 Å². The summed E-state index contributed by atoms with van der Waals surface area (Å²) in [6.07, 6.45) is 3.26. The normalized spacial score (nSPS) is 17.4. The van der Waals surface area contributed by atoms with E-state index < -0.39 is 0 Å². The van der Waals surface area contributed by atoms with Gasteiger partial charge in [-0.05, 0) is 50.3 Å². The Kier molecular flexibility index (Phi) is 7.76. The van der Waals surface area contributed by atoms with Crippen LogP contribution in [0.25, 0.3) is 10.9 Å². The number of Topliss-reactive ketones (excluding diaryl/α,β-unsaturated/α-hetero) is 1. The molecule has 2 fully saturated rings. The van der Waals surface area contributed by atoms with Gasteiger partial charge < -0.3 is 19.3 Å². The number of halogens is 1. The molecule has 1 atom stereocenters. The highest BCUT2D eigenvalue weighted by molar-refractivity contribution is 9.10. The number of carbonyl (C=O) groups is 3. The number of nitrogens with zero attached hydrogens (tertiary/aromatic N) is 6. The second-order valence-electron chi connectivity index (χ2n) is 10.6. The summed E-state index contributed by atoms with van der Waals surface area (Å²) in [6.45, 7) is 10.5. The van der Waals surface area contributed by atoms with E-state index in [1.54, 1.807) is 17.2 Å². The van der Waals surface area contributed by atoms with Gasteiger partial charge in [0.1, 0.15) is 11.9 Å². The number of likely N-dealkylation sites (tertiary alicyclic amines) is 1. The second-order valence-corrected chi connectivity index (χ2v) is 11.5. The lowest BCUT2D eigenvalue weighted by atomic mass is 9.94. The number of rotatable bonds is 7. The molecule has 2 aliphatic rings. The average Bonchev–Trinajstić information content (AvgIpc) is 3.19. The van der Waals surface area contributed by atoms with Crippen molar-refractivity contribution in [2.75, 3.05) is 37.6 Å². The van der Waals surface area contributed by atoms with Crippen LogP contribution < -0.4 is 4.90 Å². The summed E-state index contributed by atoms with van der Waals surface area (Å²) in [4.78, 5) is 49.0. The van der Waals surface area contributed by atoms with Crippen LogP contribution in [-0.2, 0) is 16.1 Å². The third-order valence-corrected chi connectivity index (χ3v) is 8.38. The number of nitriles is 1. The number of hydrogen-bond acceptors (Lipinski definition) is 6. The zero-order chi connectivity index (χ0) is 28.6. The van der Waals surface area contributed by atoms with Gasteiger partial charge in [0.05, 0.1) is 17.7 Å². The summed E-state index contributed by atoms with van der Waals surface area (Å²) in [5, 5.41) is 9.87. The van der Waals surface area contributed by atoms with Crippen molar-refractivity contribution in [3.8, 4) is 6.07 Å². The summed E-state index contributed by atoms with van der Waals surface area (Å²) < 4.78 is 2.81. The monoisotopic (exact) mass is 602 g/mol. The number of hydrogen-bond donors (Lipinski definition) is 0. The zero-order valence-corrected chi connectivity index (χ0v) is 24.2. The van der Waals surface area contributed by atoms with Crippen molar-refractivity contribution in [2.45, 2.75) is 32.9 Å². The molecule has 0 radical (unpaired) electrons. The first kappa shape index (κ1) is 27.6. The van der Waals surface area contributed by atoms with E-state index in [1.165, 1.54) is 6.08 Å². The molecule has 40 heavy (non-hydrogen) atoms. The molecule has 2 aliphatic heterocycles. The maximum Gasteiger partial charge on any atom is 0.256 e. The molecular formula is C30H31BrN6O3. The SMILES string of the molecule is C=CC(=O)N1CC(CC(=O)Cn2c(C)c(C(=O)N3CCN(c4ccc(C#N)cn4)CC3C)c3cc(Br)ccc32)C1. The number of carbonyl (C=O) groups excluding carboxylic acids is 3. The van der Waals surface area contributed by atoms with E-state index in [-0.39, 0.29) is 36.1 Å². The van der Waals surface area contributed by atoms with E-state index in [4.69, 9.17) is 5.26 Å². The second kappa shape index (κ2) is 11.3. The molecule has 0 N–H and O–H groups in total. The Morgan fingerprint density at radius 1 is 1.18 bits per heavy atom. The van der Waals surface area contributed by atoms with Crippen LogP contribution >= 0.6 is 15.9 Å². The van der Waals surface area contributed by atoms with E-state index in [0.29, 0.717) is 50.3 Å². The van der Waals surface area contributed by atoms with Crippen molar-refractivity contribution in [1.29, 1.82) is 5.26 Å². The van der Waals surface area contributed by atoms with Gasteiger partial charge in [-0.25, -0.2) is 4.98 Å². The molecule has 1 unspecified atom stereocenters. The van der Waals surface area contributed by atoms with E-state index in [2.05, 4.69) is 38.5 Å². The molecule has 0 saturated carbocycles. The highest BCUT2D eigenvalue weighted by Gasteiger charge is 2.33. The summed E-state index contributed by atoms with van der Waals surface area (Å²) in [6, 6.07) is 11.4. The number of fused-ring (bicyclic) bond motifs is 1. The Bertz CT molecular complexity index is 1530. The summed E-state index contributed by atoms with van der Waals surface area (Å²) in [7, 11) is 0. The molecule has 1 aromatic carbocycles. The number of amides is 2. The highest BCUT2D eigenvalue weighted by atomic mass is 79.9. The molecule has 2 saturated heterocycles. The number of benzene rings is 1. The largest absolute Gasteiger partial charge is 0.353 e. The van der Waals surface area contributed by atoms with Gasteiger partial charge in [0.25, 0.3) is 5.91 Å². The maximum absolute atomic E-state index is 14.0. The summed E-state index contributed by atoms with van der Waals surface area (Å²) in [5.74, 6) is 0.861. The van der Waals surface area contributed by atoms with Gasteiger partial charge in [-0.2, -0.15) is 5.26 Å². The van der Waals surface area contributed by atoms with Crippen LogP contribution in [-0.4, -0.2) is 75.7 Å². The standard InChI is InChI=1S/C30H31BrN6O3/c1-4-28(39)35-16-22(17-35)11-24(38)18-37-20(3)29(25-12-23(31)6-7-26(25)37)30(40)36-10-9-34(15-19(36)2)27-8-5-21(13-32)14-33-27/h4-8,12,14,19,22H,1,9-11,15-18H2,2-3H3. The van der Waals surface area contributed by atoms with Crippen LogP contribution in [0.2, 0.25) is 0 Å². The fourth-order valence-corrected chi connectivity index (χ4v) is 6.11. The summed E-state index contributed by atoms with van der Waals surface area (Å²) >= 11 is 3.55. The lowest BCUT2D eigenvalue weighted by Gasteiger charge is -2.40. The van der Waals surface area contributed by atoms with E-state index in [9.17, 15) is 14.4 Å². The van der Waals surface area contributed by atoms with Crippen LogP contribution in [0, 0.1) is 24.2 Å². The number of anilines is 1. The minimum absolute atomic E-state index is 0.0516. The van der Waals surface area contributed by atoms with Crippen molar-refractivity contribution in [3.05, 3.63) is 70.5 Å². The summed E-state index contributed by atoms with van der Waals surface area (Å²) in [5.41, 5.74) is 2.75. The smallest absolute Gasteiger partial charge is 0.256 e. The Morgan fingerprint density at radius 2 is 1.95 bits per heavy atom. The Morgan fingerprint density at radius 3 is 2.60 bits per heavy atom. The van der Waals surface area contributed by atoms with Crippen LogP contribution in [0.1, 0.15) is 35.0 Å². The first-order chi connectivity index (χ1) is 19.2. The van der Waals surface area contributed by atoms with Crippen molar-refractivity contribution in [1.82, 2.24) is 19.4 Å². The first-order valence-electron chi connectivity index (χ1n) is 13.3. The molecule has 206 valence electrons. The lowest BCUT2D eigenvalue weighted by molar-refractivity contribution is -0.134. The van der Waals surface area contributed by atoms with Gasteiger partial charge in [-0.1, -0.05) is 22.5 Å². The first-order valence-corrected chi connectivity index (χ1v) is 14.1. The minimum atomic E-state index is -0.104. The quantitative estimate of drug-likeness (QED) is 0.380. The Hall–Kier alpha value is -3.97. The van der Waals surface area contributed by atoms with Crippen LogP contribution in [0.4, 0.5) is 5.82 Å². The highest BCUT2D eigenvalue weighted by Crippen LogP contribution is 2.32. The Labute approximate surface area is 241 Å². The number of piperazine rings is 1.